The van der Waals surface area contributed by atoms with Crippen LogP contribution in [0.4, 0.5) is 10.6 Å². The third-order valence-corrected chi connectivity index (χ3v) is 3.91. The summed E-state index contributed by atoms with van der Waals surface area (Å²) in [4.78, 5) is 24.2. The number of nitrogens with zero attached hydrogens (tertiary/aromatic N) is 2. The Kier molecular flexibility index (Phi) is 3.43. The molecule has 1 atom stereocenters. The Morgan fingerprint density at radius 2 is 2.32 bits per heavy atom. The number of carbonyl (C=O) groups excluding carboxylic acids is 2. The number of likely N-dealkylation sites (tertiary alicyclic amines) is 1. The lowest BCUT2D eigenvalue weighted by molar-refractivity contribution is -0.137. The van der Waals surface area contributed by atoms with E-state index < -0.39 is 28.2 Å². The Hall–Kier alpha value is -1.72. The molecule has 4 N–H and O–H groups in total. The third-order valence-electron chi connectivity index (χ3n) is 2.30. The average Bonchev–Trinajstić information content (AvgIpc) is 2.69. The Bertz CT molecular complexity index is 625. The molecule has 0 aromatic carbocycles. The second-order valence-corrected chi connectivity index (χ2v) is 6.32. The van der Waals surface area contributed by atoms with Gasteiger partial charge < -0.3 is 5.73 Å². The fraction of sp³-hybridized carbons (Fsp3) is 0.375. The highest BCUT2D eigenvalue weighted by Crippen LogP contribution is 2.14. The van der Waals surface area contributed by atoms with Gasteiger partial charge in [0, 0.05) is 4.88 Å². The van der Waals surface area contributed by atoms with Crippen molar-refractivity contribution in [2.75, 3.05) is 11.3 Å². The second-order valence-electron chi connectivity index (χ2n) is 3.89. The standard InChI is InChI=1S/C8H11N5O4S2/c1-4-2-6(10-18-4)11-19(16,17)12-8(15)13-3-5(9)7(13)14/h2,5H,3,9H2,1H3,(H,10,11)(H,12,15)/t5-/m0/s1. The van der Waals surface area contributed by atoms with Crippen LogP contribution in [0.1, 0.15) is 4.88 Å². The summed E-state index contributed by atoms with van der Waals surface area (Å²) in [6, 6.07) is -0.271. The summed E-state index contributed by atoms with van der Waals surface area (Å²) in [5.41, 5.74) is 5.30. The summed E-state index contributed by atoms with van der Waals surface area (Å²) in [6.45, 7) is 1.75. The quantitative estimate of drug-likeness (QED) is 0.612. The summed E-state index contributed by atoms with van der Waals surface area (Å²) in [5.74, 6) is -0.508. The van der Waals surface area contributed by atoms with Crippen molar-refractivity contribution in [2.24, 2.45) is 5.73 Å². The van der Waals surface area contributed by atoms with Crippen LogP contribution in [0.15, 0.2) is 6.07 Å². The molecule has 0 unspecified atom stereocenters. The molecule has 0 spiro atoms. The second kappa shape index (κ2) is 4.75. The minimum atomic E-state index is -4.12. The average molecular weight is 305 g/mol. The Labute approximate surface area is 113 Å². The van der Waals surface area contributed by atoms with E-state index in [0.29, 0.717) is 0 Å². The number of hydrogen-bond donors (Lipinski definition) is 3. The number of nitrogens with one attached hydrogen (secondary N) is 2. The summed E-state index contributed by atoms with van der Waals surface area (Å²) >= 11 is 1.12. The Balaban J connectivity index is 1.98. The summed E-state index contributed by atoms with van der Waals surface area (Å²) in [7, 11) is -4.12. The molecule has 0 saturated carbocycles. The van der Waals surface area contributed by atoms with Gasteiger partial charge in [0.15, 0.2) is 5.82 Å². The van der Waals surface area contributed by atoms with Gasteiger partial charge in [-0.05, 0) is 24.5 Å². The normalized spacial score (nSPS) is 18.9. The molecule has 0 radical (unpaired) electrons. The first-order valence-corrected chi connectivity index (χ1v) is 7.39. The molecule has 2 heterocycles. The first-order valence-electron chi connectivity index (χ1n) is 5.13. The van der Waals surface area contributed by atoms with Gasteiger partial charge in [-0.3, -0.25) is 9.69 Å². The van der Waals surface area contributed by atoms with Gasteiger partial charge in [0.05, 0.1) is 6.54 Å². The summed E-state index contributed by atoms with van der Waals surface area (Å²) < 4.78 is 30.8. The molecule has 0 bridgehead atoms. The molecule has 1 aromatic heterocycles. The molecule has 9 nitrogen and oxygen atoms in total. The first-order chi connectivity index (χ1) is 8.78. The monoisotopic (exact) mass is 305 g/mol. The number of nitrogens with two attached hydrogens (primary N) is 1. The van der Waals surface area contributed by atoms with E-state index in [1.807, 2.05) is 0 Å². The van der Waals surface area contributed by atoms with Crippen molar-refractivity contribution in [1.29, 1.82) is 0 Å². The topological polar surface area (TPSA) is 134 Å². The van der Waals surface area contributed by atoms with E-state index in [1.54, 1.807) is 11.6 Å². The largest absolute Gasteiger partial charge is 0.339 e. The fourth-order valence-electron chi connectivity index (χ4n) is 1.38. The number of rotatable bonds is 3. The van der Waals surface area contributed by atoms with E-state index in [4.69, 9.17) is 5.73 Å². The van der Waals surface area contributed by atoms with Crippen molar-refractivity contribution < 1.29 is 18.0 Å². The maximum atomic E-state index is 11.6. The lowest BCUT2D eigenvalue weighted by Gasteiger charge is -2.33. The highest BCUT2D eigenvalue weighted by atomic mass is 32.2. The minimum Gasteiger partial charge on any atom is -0.318 e. The van der Waals surface area contributed by atoms with Crippen LogP contribution < -0.4 is 15.2 Å². The lowest BCUT2D eigenvalue weighted by Crippen LogP contribution is -2.65. The molecule has 1 aliphatic heterocycles. The van der Waals surface area contributed by atoms with Crippen molar-refractivity contribution in [1.82, 2.24) is 14.0 Å². The number of carbonyl (C=O) groups is 2. The number of hydrogen-bond acceptors (Lipinski definition) is 7. The first kappa shape index (κ1) is 13.7. The van der Waals surface area contributed by atoms with E-state index in [2.05, 4.69) is 9.10 Å². The van der Waals surface area contributed by atoms with Crippen LogP contribution in [0.5, 0.6) is 0 Å². The number of β-lactam (4-membered cyclic amide) rings is 1. The Morgan fingerprint density at radius 1 is 1.63 bits per heavy atom. The van der Waals surface area contributed by atoms with Crippen LogP contribution in [-0.4, -0.2) is 42.2 Å². The molecule has 1 aromatic rings. The van der Waals surface area contributed by atoms with Crippen molar-refractivity contribution in [2.45, 2.75) is 13.0 Å². The number of anilines is 1. The van der Waals surface area contributed by atoms with Crippen molar-refractivity contribution >= 4 is 39.5 Å². The lowest BCUT2D eigenvalue weighted by atomic mass is 10.1. The van der Waals surface area contributed by atoms with Gasteiger partial charge in [0.2, 0.25) is 5.91 Å². The predicted molar refractivity (Wildman–Crippen MR) is 67.6 cm³/mol. The Morgan fingerprint density at radius 3 is 2.79 bits per heavy atom. The summed E-state index contributed by atoms with van der Waals surface area (Å²) in [6.07, 6.45) is 0. The van der Waals surface area contributed by atoms with E-state index in [1.165, 1.54) is 6.07 Å². The molecule has 11 heteroatoms. The SMILES string of the molecule is Cc1cc(NS(=O)(=O)NC(=O)N2C[C@H](N)C2=O)ns1. The molecule has 1 aliphatic rings. The van der Waals surface area contributed by atoms with Crippen molar-refractivity contribution in [3.05, 3.63) is 10.9 Å². The van der Waals surface area contributed by atoms with E-state index >= 15 is 0 Å². The predicted octanol–water partition coefficient (Wildman–Crippen LogP) is -1.01. The zero-order valence-electron chi connectivity index (χ0n) is 9.78. The van der Waals surface area contributed by atoms with Gasteiger partial charge in [0.25, 0.3) is 0 Å². The third kappa shape index (κ3) is 3.00. The van der Waals surface area contributed by atoms with Gasteiger partial charge in [-0.25, -0.2) is 14.2 Å². The molecule has 104 valence electrons. The molecule has 0 aliphatic carbocycles. The van der Waals surface area contributed by atoms with Crippen LogP contribution >= 0.6 is 11.5 Å². The van der Waals surface area contributed by atoms with Gasteiger partial charge in [-0.15, -0.1) is 0 Å². The highest BCUT2D eigenvalue weighted by molar-refractivity contribution is 7.91. The van der Waals surface area contributed by atoms with Crippen molar-refractivity contribution in [3.8, 4) is 0 Å². The van der Waals surface area contributed by atoms with E-state index in [0.717, 1.165) is 21.3 Å². The van der Waals surface area contributed by atoms with Crippen LogP contribution in [0, 0.1) is 6.92 Å². The maximum absolute atomic E-state index is 11.6. The van der Waals surface area contributed by atoms with Gasteiger partial charge in [0.1, 0.15) is 6.04 Å². The van der Waals surface area contributed by atoms with E-state index in [-0.39, 0.29) is 12.4 Å². The van der Waals surface area contributed by atoms with Crippen molar-refractivity contribution in [3.63, 3.8) is 0 Å². The maximum Gasteiger partial charge on any atom is 0.339 e. The van der Waals surface area contributed by atoms with Crippen LogP contribution in [-0.2, 0) is 15.0 Å². The van der Waals surface area contributed by atoms with E-state index in [9.17, 15) is 18.0 Å². The fourth-order valence-corrected chi connectivity index (χ4v) is 2.72. The molecule has 1 fully saturated rings. The zero-order chi connectivity index (χ0) is 14.2. The van der Waals surface area contributed by atoms with Gasteiger partial charge in [-0.2, -0.15) is 12.8 Å². The number of urea groups is 1. The van der Waals surface area contributed by atoms with Gasteiger partial charge >= 0.3 is 16.2 Å². The molecule has 19 heavy (non-hydrogen) atoms. The number of aryl methyl sites for hydroxylation is 1. The molecule has 3 amide bonds. The number of imide groups is 1. The van der Waals surface area contributed by atoms with Crippen LogP contribution in [0.25, 0.3) is 0 Å². The number of aromatic nitrogens is 1. The smallest absolute Gasteiger partial charge is 0.318 e. The van der Waals surface area contributed by atoms with Gasteiger partial charge in [-0.1, -0.05) is 0 Å². The number of amides is 3. The molecule has 1 saturated heterocycles. The van der Waals surface area contributed by atoms with Crippen LogP contribution in [0.2, 0.25) is 0 Å². The highest BCUT2D eigenvalue weighted by Gasteiger charge is 2.39. The minimum absolute atomic E-state index is 0.00397. The molecular weight excluding hydrogens is 294 g/mol. The molecular formula is C8H11N5O4S2. The molecule has 2 rings (SSSR count). The van der Waals surface area contributed by atoms with Crippen LogP contribution in [0.3, 0.4) is 0 Å². The zero-order valence-corrected chi connectivity index (χ0v) is 11.4. The summed E-state index contributed by atoms with van der Waals surface area (Å²) in [5, 5.41) is 0.